The maximum absolute atomic E-state index is 5.49. The zero-order valence-corrected chi connectivity index (χ0v) is 19.6. The summed E-state index contributed by atoms with van der Waals surface area (Å²) in [6.45, 7) is 9.92. The fourth-order valence-electron chi connectivity index (χ4n) is 3.36. The van der Waals surface area contributed by atoms with Gasteiger partial charge >= 0.3 is 0 Å². The van der Waals surface area contributed by atoms with E-state index in [2.05, 4.69) is 53.1 Å². The minimum atomic E-state index is 0. The van der Waals surface area contributed by atoms with E-state index in [4.69, 9.17) is 9.47 Å². The van der Waals surface area contributed by atoms with Crippen molar-refractivity contribution in [1.29, 1.82) is 0 Å². The number of rotatable bonds is 7. The second kappa shape index (κ2) is 12.4. The maximum Gasteiger partial charge on any atom is 0.193 e. The zero-order valence-electron chi connectivity index (χ0n) is 17.3. The Morgan fingerprint density at radius 1 is 1.26 bits per heavy atom. The highest BCUT2D eigenvalue weighted by Gasteiger charge is 2.24. The molecule has 154 valence electrons. The molecule has 7 heteroatoms. The van der Waals surface area contributed by atoms with Crippen LogP contribution in [0.25, 0.3) is 0 Å². The lowest BCUT2D eigenvalue weighted by atomic mass is 10.0. The fraction of sp³-hybridized carbons (Fsp3) is 0.650. The lowest BCUT2D eigenvalue weighted by Gasteiger charge is -2.37. The van der Waals surface area contributed by atoms with Crippen LogP contribution in [0.1, 0.15) is 19.4 Å². The zero-order chi connectivity index (χ0) is 18.9. The van der Waals surface area contributed by atoms with E-state index in [0.29, 0.717) is 12.0 Å². The van der Waals surface area contributed by atoms with Crippen molar-refractivity contribution in [2.24, 2.45) is 10.9 Å². The number of nitrogens with one attached hydrogen (secondary N) is 1. The van der Waals surface area contributed by atoms with Crippen LogP contribution in [0.3, 0.4) is 0 Å². The van der Waals surface area contributed by atoms with E-state index >= 15 is 0 Å². The van der Waals surface area contributed by atoms with E-state index in [1.54, 1.807) is 7.11 Å². The van der Waals surface area contributed by atoms with Crippen LogP contribution in [-0.2, 0) is 11.3 Å². The van der Waals surface area contributed by atoms with Crippen molar-refractivity contribution < 1.29 is 9.47 Å². The molecule has 0 radical (unpaired) electrons. The second-order valence-corrected chi connectivity index (χ2v) is 7.09. The van der Waals surface area contributed by atoms with Gasteiger partial charge in [-0.05, 0) is 23.6 Å². The molecule has 1 aromatic rings. The van der Waals surface area contributed by atoms with Gasteiger partial charge in [0.25, 0.3) is 0 Å². The molecule has 0 saturated carbocycles. The third-order valence-corrected chi connectivity index (χ3v) is 4.91. The number of hydrogen-bond acceptors (Lipinski definition) is 4. The molecule has 0 amide bonds. The summed E-state index contributed by atoms with van der Waals surface area (Å²) in [4.78, 5) is 9.13. The van der Waals surface area contributed by atoms with Crippen molar-refractivity contribution in [2.45, 2.75) is 26.4 Å². The van der Waals surface area contributed by atoms with Crippen molar-refractivity contribution >= 4 is 29.9 Å². The topological polar surface area (TPSA) is 49.3 Å². The monoisotopic (exact) mass is 490 g/mol. The van der Waals surface area contributed by atoms with Crippen molar-refractivity contribution in [2.75, 3.05) is 54.1 Å². The van der Waals surface area contributed by atoms with Gasteiger partial charge in [0, 0.05) is 46.3 Å². The average molecular weight is 490 g/mol. The fourth-order valence-corrected chi connectivity index (χ4v) is 3.36. The number of halogens is 1. The highest BCUT2D eigenvalue weighted by Crippen LogP contribution is 2.14. The van der Waals surface area contributed by atoms with Crippen LogP contribution in [0.4, 0.5) is 0 Å². The maximum atomic E-state index is 5.49. The van der Waals surface area contributed by atoms with Gasteiger partial charge < -0.3 is 19.7 Å². The Labute approximate surface area is 181 Å². The molecule has 0 aliphatic carbocycles. The third-order valence-electron chi connectivity index (χ3n) is 4.91. The molecule has 1 saturated heterocycles. The molecule has 0 spiro atoms. The second-order valence-electron chi connectivity index (χ2n) is 7.09. The predicted molar refractivity (Wildman–Crippen MR) is 122 cm³/mol. The Bertz CT molecular complexity index is 560. The summed E-state index contributed by atoms with van der Waals surface area (Å²) < 4.78 is 10.7. The number of hydrogen-bond donors (Lipinski definition) is 1. The van der Waals surface area contributed by atoms with Gasteiger partial charge in [-0.2, -0.15) is 0 Å². The first-order valence-electron chi connectivity index (χ1n) is 9.41. The summed E-state index contributed by atoms with van der Waals surface area (Å²) in [6, 6.07) is 8.64. The van der Waals surface area contributed by atoms with Gasteiger partial charge in [0.1, 0.15) is 5.75 Å². The first-order chi connectivity index (χ1) is 12.5. The molecular formula is C20H35IN4O2. The Morgan fingerprint density at radius 2 is 1.89 bits per heavy atom. The van der Waals surface area contributed by atoms with E-state index in [1.807, 2.05) is 19.2 Å². The predicted octanol–water partition coefficient (Wildman–Crippen LogP) is 2.68. The quantitative estimate of drug-likeness (QED) is 0.362. The average Bonchev–Trinajstić information content (AvgIpc) is 2.66. The highest BCUT2D eigenvalue weighted by atomic mass is 127. The molecule has 6 nitrogen and oxygen atoms in total. The molecule has 1 heterocycles. The van der Waals surface area contributed by atoms with Crippen LogP contribution in [0, 0.1) is 5.92 Å². The number of ether oxygens (including phenoxy) is 2. The summed E-state index contributed by atoms with van der Waals surface area (Å²) >= 11 is 0. The van der Waals surface area contributed by atoms with Gasteiger partial charge in [-0.3, -0.25) is 9.89 Å². The van der Waals surface area contributed by atoms with Gasteiger partial charge in [-0.1, -0.05) is 26.0 Å². The number of nitrogens with zero attached hydrogens (tertiary/aromatic N) is 3. The molecule has 1 N–H and O–H groups in total. The van der Waals surface area contributed by atoms with E-state index in [1.165, 1.54) is 5.56 Å². The standard InChI is InChI=1S/C20H34N4O2.HI/c1-16(2)19(24-10-12-26-13-11-24)14-22-20(21-3)23(4)15-17-6-8-18(25-5)9-7-17;/h6-9,16,19H,10-15H2,1-5H3,(H,21,22);1H. The number of benzene rings is 1. The highest BCUT2D eigenvalue weighted by molar-refractivity contribution is 14.0. The van der Waals surface area contributed by atoms with E-state index < -0.39 is 0 Å². The normalized spacial score (nSPS) is 16.6. The Morgan fingerprint density at radius 3 is 2.41 bits per heavy atom. The molecule has 0 bridgehead atoms. The van der Waals surface area contributed by atoms with Crippen LogP contribution >= 0.6 is 24.0 Å². The first-order valence-corrected chi connectivity index (χ1v) is 9.41. The molecule has 1 aliphatic rings. The molecule has 1 atom stereocenters. The molecular weight excluding hydrogens is 455 g/mol. The van der Waals surface area contributed by atoms with Crippen LogP contribution in [0.15, 0.2) is 29.3 Å². The lowest BCUT2D eigenvalue weighted by Crippen LogP contribution is -2.52. The Balaban J connectivity index is 0.00000364. The summed E-state index contributed by atoms with van der Waals surface area (Å²) in [5.74, 6) is 2.37. The molecule has 1 aromatic carbocycles. The van der Waals surface area contributed by atoms with E-state index in [0.717, 1.165) is 51.1 Å². The summed E-state index contributed by atoms with van der Waals surface area (Å²) in [6.07, 6.45) is 0. The first kappa shape index (κ1) is 24.0. The van der Waals surface area contributed by atoms with Gasteiger partial charge in [0.2, 0.25) is 0 Å². The minimum absolute atomic E-state index is 0. The van der Waals surface area contributed by atoms with E-state index in [9.17, 15) is 0 Å². The number of morpholine rings is 1. The van der Waals surface area contributed by atoms with Crippen molar-refractivity contribution in [3.63, 3.8) is 0 Å². The van der Waals surface area contributed by atoms with Crippen LogP contribution in [-0.4, -0.2) is 75.9 Å². The van der Waals surface area contributed by atoms with Gasteiger partial charge in [-0.25, -0.2) is 0 Å². The summed E-state index contributed by atoms with van der Waals surface area (Å²) in [5, 5.41) is 3.56. The third kappa shape index (κ3) is 7.46. The molecule has 0 aromatic heterocycles. The van der Waals surface area contributed by atoms with Crippen LogP contribution in [0.2, 0.25) is 0 Å². The SMILES string of the molecule is CN=C(NCC(C(C)C)N1CCOCC1)N(C)Cc1ccc(OC)cc1.I. The number of methoxy groups -OCH3 is 1. The largest absolute Gasteiger partial charge is 0.497 e. The summed E-state index contributed by atoms with van der Waals surface area (Å²) in [5.41, 5.74) is 1.23. The van der Waals surface area contributed by atoms with Gasteiger partial charge in [0.05, 0.1) is 20.3 Å². The lowest BCUT2D eigenvalue weighted by molar-refractivity contribution is 0.00741. The Hall–Kier alpha value is -1.06. The molecule has 1 aliphatic heterocycles. The molecule has 1 unspecified atom stereocenters. The van der Waals surface area contributed by atoms with Crippen molar-refractivity contribution in [3.8, 4) is 5.75 Å². The van der Waals surface area contributed by atoms with Crippen LogP contribution < -0.4 is 10.1 Å². The molecule has 27 heavy (non-hydrogen) atoms. The van der Waals surface area contributed by atoms with Crippen LogP contribution in [0.5, 0.6) is 5.75 Å². The van der Waals surface area contributed by atoms with Crippen molar-refractivity contribution in [1.82, 2.24) is 15.1 Å². The number of aliphatic imine (C=N–C) groups is 1. The van der Waals surface area contributed by atoms with Crippen molar-refractivity contribution in [3.05, 3.63) is 29.8 Å². The van der Waals surface area contributed by atoms with Gasteiger partial charge in [0.15, 0.2) is 5.96 Å². The number of guanidine groups is 1. The summed E-state index contributed by atoms with van der Waals surface area (Å²) in [7, 11) is 5.59. The minimum Gasteiger partial charge on any atom is -0.497 e. The van der Waals surface area contributed by atoms with E-state index in [-0.39, 0.29) is 24.0 Å². The molecule has 1 fully saturated rings. The van der Waals surface area contributed by atoms with Gasteiger partial charge in [-0.15, -0.1) is 24.0 Å². The smallest absolute Gasteiger partial charge is 0.193 e. The Kier molecular flexibility index (Phi) is 11.0. The molecule has 2 rings (SSSR count).